The van der Waals surface area contributed by atoms with Crippen molar-refractivity contribution >= 4 is 0 Å². The summed E-state index contributed by atoms with van der Waals surface area (Å²) in [5.41, 5.74) is 0.451. The van der Waals surface area contributed by atoms with E-state index in [2.05, 4.69) is 0 Å². The molecule has 1 rings (SSSR count). The molecule has 1 unspecified atom stereocenters. The minimum atomic E-state index is -1.16. The molecule has 0 radical (unpaired) electrons. The minimum absolute atomic E-state index is 0.0924. The van der Waals surface area contributed by atoms with Crippen LogP contribution in [0, 0.1) is 11.3 Å². The molecule has 0 spiro atoms. The Labute approximate surface area is 82.3 Å². The van der Waals surface area contributed by atoms with Crippen molar-refractivity contribution < 1.29 is 14.6 Å². The van der Waals surface area contributed by atoms with Crippen molar-refractivity contribution in [1.29, 1.82) is 5.26 Å². The molecule has 74 valence electrons. The molecular weight excluding hydrogens is 182 g/mol. The Hall–Kier alpha value is -1.57. The zero-order valence-electron chi connectivity index (χ0n) is 7.80. The van der Waals surface area contributed by atoms with E-state index in [9.17, 15) is 5.11 Å². The summed E-state index contributed by atoms with van der Waals surface area (Å²) in [7, 11) is 1.50. The van der Waals surface area contributed by atoms with Gasteiger partial charge in [-0.1, -0.05) is 18.2 Å². The summed E-state index contributed by atoms with van der Waals surface area (Å²) in [6.45, 7) is 0.0924. The van der Waals surface area contributed by atoms with Gasteiger partial charge in [0.2, 0.25) is 0 Å². The third kappa shape index (κ3) is 2.46. The van der Waals surface area contributed by atoms with Gasteiger partial charge >= 0.3 is 0 Å². The van der Waals surface area contributed by atoms with Crippen molar-refractivity contribution in [3.63, 3.8) is 0 Å². The highest BCUT2D eigenvalue weighted by Gasteiger charge is 2.11. The first-order valence-corrected chi connectivity index (χ1v) is 4.08. The van der Waals surface area contributed by atoms with E-state index in [-0.39, 0.29) is 6.79 Å². The smallest absolute Gasteiger partial charge is 0.188 e. The highest BCUT2D eigenvalue weighted by Crippen LogP contribution is 2.24. The van der Waals surface area contributed by atoms with E-state index in [1.807, 2.05) is 0 Å². The van der Waals surface area contributed by atoms with Gasteiger partial charge in [0.05, 0.1) is 6.07 Å². The maximum absolute atomic E-state index is 9.33. The van der Waals surface area contributed by atoms with E-state index >= 15 is 0 Å². The molecule has 0 aliphatic carbocycles. The number of nitrogens with zero attached hydrogens (tertiary/aromatic N) is 1. The lowest BCUT2D eigenvalue weighted by Crippen LogP contribution is -2.03. The number of hydrogen-bond donors (Lipinski definition) is 1. The van der Waals surface area contributed by atoms with Crippen molar-refractivity contribution in [2.75, 3.05) is 13.9 Å². The van der Waals surface area contributed by atoms with Gasteiger partial charge < -0.3 is 14.6 Å². The first-order chi connectivity index (χ1) is 6.79. The molecule has 0 aliphatic heterocycles. The fraction of sp³-hybridized carbons (Fsp3) is 0.300. The maximum atomic E-state index is 9.33. The average Bonchev–Trinajstić information content (AvgIpc) is 2.25. The zero-order valence-corrected chi connectivity index (χ0v) is 7.80. The van der Waals surface area contributed by atoms with Gasteiger partial charge in [-0.15, -0.1) is 0 Å². The van der Waals surface area contributed by atoms with E-state index in [1.165, 1.54) is 7.11 Å². The fourth-order valence-corrected chi connectivity index (χ4v) is 1.03. The SMILES string of the molecule is COCOc1ccccc1C(O)C#N. The number of aliphatic hydroxyl groups excluding tert-OH is 1. The van der Waals surface area contributed by atoms with Crippen LogP contribution in [-0.2, 0) is 4.74 Å². The fourth-order valence-electron chi connectivity index (χ4n) is 1.03. The number of para-hydroxylation sites is 1. The molecule has 0 aromatic heterocycles. The summed E-state index contributed by atoms with van der Waals surface area (Å²) in [6.07, 6.45) is -1.16. The van der Waals surface area contributed by atoms with Crippen LogP contribution in [0.2, 0.25) is 0 Å². The van der Waals surface area contributed by atoms with E-state index in [1.54, 1.807) is 30.3 Å². The first-order valence-electron chi connectivity index (χ1n) is 4.08. The van der Waals surface area contributed by atoms with Crippen molar-refractivity contribution in [1.82, 2.24) is 0 Å². The van der Waals surface area contributed by atoms with Crippen LogP contribution in [0.1, 0.15) is 11.7 Å². The Morgan fingerprint density at radius 3 is 2.86 bits per heavy atom. The standard InChI is InChI=1S/C10H11NO3/c1-13-7-14-10-5-3-2-4-8(10)9(12)6-11/h2-5,9,12H,7H2,1H3. The Morgan fingerprint density at radius 1 is 1.50 bits per heavy atom. The Kier molecular flexibility index (Phi) is 3.92. The Bertz CT molecular complexity index is 332. The molecule has 0 saturated heterocycles. The molecule has 0 saturated carbocycles. The summed E-state index contributed by atoms with van der Waals surface area (Å²) < 4.78 is 9.90. The number of aliphatic hydroxyl groups is 1. The van der Waals surface area contributed by atoms with Crippen molar-refractivity contribution in [2.45, 2.75) is 6.10 Å². The summed E-state index contributed by atoms with van der Waals surface area (Å²) in [5, 5.41) is 17.9. The van der Waals surface area contributed by atoms with Gasteiger partial charge in [0.15, 0.2) is 12.9 Å². The van der Waals surface area contributed by atoms with E-state index in [0.29, 0.717) is 11.3 Å². The van der Waals surface area contributed by atoms with Crippen LogP contribution < -0.4 is 4.74 Å². The summed E-state index contributed by atoms with van der Waals surface area (Å²) >= 11 is 0. The van der Waals surface area contributed by atoms with Crippen LogP contribution in [0.5, 0.6) is 5.75 Å². The normalized spacial score (nSPS) is 11.8. The van der Waals surface area contributed by atoms with Crippen LogP contribution in [0.4, 0.5) is 0 Å². The molecule has 4 nitrogen and oxygen atoms in total. The zero-order chi connectivity index (χ0) is 10.4. The van der Waals surface area contributed by atoms with Crippen LogP contribution >= 0.6 is 0 Å². The molecule has 4 heteroatoms. The topological polar surface area (TPSA) is 62.5 Å². The largest absolute Gasteiger partial charge is 0.467 e. The molecule has 1 aromatic carbocycles. The van der Waals surface area contributed by atoms with Crippen LogP contribution in [0.3, 0.4) is 0 Å². The number of hydrogen-bond acceptors (Lipinski definition) is 4. The third-order valence-electron chi connectivity index (χ3n) is 1.67. The second-order valence-corrected chi connectivity index (χ2v) is 2.62. The summed E-state index contributed by atoms with van der Waals surface area (Å²) in [5.74, 6) is 0.461. The number of ether oxygens (including phenoxy) is 2. The average molecular weight is 193 g/mol. The van der Waals surface area contributed by atoms with Gasteiger partial charge in [0.1, 0.15) is 5.75 Å². The number of nitriles is 1. The molecule has 14 heavy (non-hydrogen) atoms. The van der Waals surface area contributed by atoms with Gasteiger partial charge in [-0.05, 0) is 6.07 Å². The van der Waals surface area contributed by atoms with Crippen molar-refractivity contribution in [2.24, 2.45) is 0 Å². The summed E-state index contributed by atoms with van der Waals surface area (Å²) in [6, 6.07) is 8.54. The van der Waals surface area contributed by atoms with Gasteiger partial charge in [0, 0.05) is 12.7 Å². The lowest BCUT2D eigenvalue weighted by atomic mass is 10.1. The molecule has 1 atom stereocenters. The molecule has 0 bridgehead atoms. The van der Waals surface area contributed by atoms with Crippen LogP contribution in [0.15, 0.2) is 24.3 Å². The number of benzene rings is 1. The highest BCUT2D eigenvalue weighted by molar-refractivity contribution is 5.37. The molecule has 0 amide bonds. The van der Waals surface area contributed by atoms with E-state index in [0.717, 1.165) is 0 Å². The quantitative estimate of drug-likeness (QED) is 0.577. The molecular formula is C10H11NO3. The first kappa shape index (κ1) is 10.5. The highest BCUT2D eigenvalue weighted by atomic mass is 16.7. The molecule has 0 aliphatic rings. The van der Waals surface area contributed by atoms with Crippen molar-refractivity contribution in [3.05, 3.63) is 29.8 Å². The van der Waals surface area contributed by atoms with Crippen LogP contribution in [0.25, 0.3) is 0 Å². The van der Waals surface area contributed by atoms with Gasteiger partial charge in [0.25, 0.3) is 0 Å². The molecule has 0 heterocycles. The number of rotatable bonds is 4. The van der Waals surface area contributed by atoms with Crippen LogP contribution in [-0.4, -0.2) is 19.0 Å². The maximum Gasteiger partial charge on any atom is 0.188 e. The molecule has 1 aromatic rings. The van der Waals surface area contributed by atoms with Crippen molar-refractivity contribution in [3.8, 4) is 11.8 Å². The summed E-state index contributed by atoms with van der Waals surface area (Å²) in [4.78, 5) is 0. The van der Waals surface area contributed by atoms with Gasteiger partial charge in [-0.2, -0.15) is 5.26 Å². The third-order valence-corrected chi connectivity index (χ3v) is 1.67. The van der Waals surface area contributed by atoms with E-state index in [4.69, 9.17) is 14.7 Å². The second kappa shape index (κ2) is 5.22. The number of methoxy groups -OCH3 is 1. The predicted octanol–water partition coefficient (Wildman–Crippen LogP) is 1.23. The Morgan fingerprint density at radius 2 is 2.21 bits per heavy atom. The van der Waals surface area contributed by atoms with Gasteiger partial charge in [-0.25, -0.2) is 0 Å². The minimum Gasteiger partial charge on any atom is -0.467 e. The lowest BCUT2D eigenvalue weighted by molar-refractivity contribution is 0.0490. The predicted molar refractivity (Wildman–Crippen MR) is 49.5 cm³/mol. The monoisotopic (exact) mass is 193 g/mol. The molecule has 0 fully saturated rings. The second-order valence-electron chi connectivity index (χ2n) is 2.62. The van der Waals surface area contributed by atoms with E-state index < -0.39 is 6.10 Å². The Balaban J connectivity index is 2.86. The van der Waals surface area contributed by atoms with Gasteiger partial charge in [-0.3, -0.25) is 0 Å². The lowest BCUT2D eigenvalue weighted by Gasteiger charge is -2.10. The molecule has 1 N–H and O–H groups in total.